The van der Waals surface area contributed by atoms with Crippen LogP contribution in [0.1, 0.15) is 16.8 Å². The Kier molecular flexibility index (Phi) is 5.44. The number of carbonyl (C=O) groups is 1. The first-order valence-corrected chi connectivity index (χ1v) is 5.89. The number of hydrogen-bond acceptors (Lipinski definition) is 3. The third-order valence-electron chi connectivity index (χ3n) is 2.45. The number of nitrogens with zero attached hydrogens (tertiary/aromatic N) is 1. The maximum atomic E-state index is 13.5. The molecule has 0 aromatic heterocycles. The zero-order valence-corrected chi connectivity index (χ0v) is 10.9. The molecule has 94 valence electrons. The molecule has 0 bridgehead atoms. The lowest BCUT2D eigenvalue weighted by molar-refractivity contribution is 0.0789. The predicted octanol–water partition coefficient (Wildman–Crippen LogP) is 1.80. The van der Waals surface area contributed by atoms with Crippen molar-refractivity contribution in [2.24, 2.45) is 0 Å². The summed E-state index contributed by atoms with van der Waals surface area (Å²) < 4.78 is 13.5. The minimum absolute atomic E-state index is 0.0736. The minimum Gasteiger partial charge on any atom is -0.342 e. The summed E-state index contributed by atoms with van der Waals surface area (Å²) in [6, 6.07) is 4.24. The van der Waals surface area contributed by atoms with Crippen molar-refractivity contribution in [1.29, 1.82) is 0 Å². The van der Waals surface area contributed by atoms with Gasteiger partial charge < -0.3 is 10.2 Å². The Morgan fingerprint density at radius 2 is 2.24 bits per heavy atom. The van der Waals surface area contributed by atoms with E-state index in [0.29, 0.717) is 11.4 Å². The molecule has 1 aromatic rings. The van der Waals surface area contributed by atoms with Crippen molar-refractivity contribution >= 4 is 18.5 Å². The molecule has 0 aliphatic carbocycles. The van der Waals surface area contributed by atoms with E-state index in [2.05, 4.69) is 17.9 Å². The topological polar surface area (TPSA) is 32.3 Å². The first-order valence-electron chi connectivity index (χ1n) is 5.45. The molecule has 17 heavy (non-hydrogen) atoms. The summed E-state index contributed by atoms with van der Waals surface area (Å²) in [7, 11) is 3.52. The molecule has 1 rings (SSSR count). The predicted molar refractivity (Wildman–Crippen MR) is 69.2 cm³/mol. The molecule has 0 spiro atoms. The number of nitrogens with one attached hydrogen (secondary N) is 1. The zero-order chi connectivity index (χ0) is 12.8. The lowest BCUT2D eigenvalue weighted by Crippen LogP contribution is -2.30. The summed E-state index contributed by atoms with van der Waals surface area (Å²) in [6.45, 7) is 1.42. The second-order valence-electron chi connectivity index (χ2n) is 3.85. The maximum absolute atomic E-state index is 13.5. The molecule has 1 aromatic carbocycles. The average Bonchev–Trinajstić information content (AvgIpc) is 2.31. The van der Waals surface area contributed by atoms with E-state index in [9.17, 15) is 9.18 Å². The van der Waals surface area contributed by atoms with Crippen molar-refractivity contribution in [3.8, 4) is 0 Å². The van der Waals surface area contributed by atoms with Crippen molar-refractivity contribution in [3.05, 3.63) is 29.6 Å². The normalized spacial score (nSPS) is 10.4. The van der Waals surface area contributed by atoms with E-state index in [4.69, 9.17) is 0 Å². The number of rotatable bonds is 5. The van der Waals surface area contributed by atoms with Gasteiger partial charge in [-0.3, -0.25) is 4.79 Å². The third-order valence-corrected chi connectivity index (χ3v) is 2.73. The van der Waals surface area contributed by atoms with Crippen molar-refractivity contribution in [2.45, 2.75) is 11.3 Å². The van der Waals surface area contributed by atoms with Crippen molar-refractivity contribution in [2.75, 3.05) is 27.2 Å². The van der Waals surface area contributed by atoms with Gasteiger partial charge in [0.05, 0.1) is 5.56 Å². The summed E-state index contributed by atoms with van der Waals surface area (Å²) in [5.74, 6) is -0.817. The average molecular weight is 256 g/mol. The fourth-order valence-electron chi connectivity index (χ4n) is 1.48. The molecule has 0 saturated carbocycles. The number of benzene rings is 1. The first kappa shape index (κ1) is 14.0. The molecule has 0 unspecified atom stereocenters. The zero-order valence-electron chi connectivity index (χ0n) is 10.0. The van der Waals surface area contributed by atoms with Crippen LogP contribution in [-0.4, -0.2) is 38.0 Å². The van der Waals surface area contributed by atoms with Gasteiger partial charge in [-0.2, -0.15) is 0 Å². The van der Waals surface area contributed by atoms with Crippen LogP contribution in [0.5, 0.6) is 0 Å². The fourth-order valence-corrected chi connectivity index (χ4v) is 1.68. The van der Waals surface area contributed by atoms with Gasteiger partial charge in [0.1, 0.15) is 5.82 Å². The Morgan fingerprint density at radius 3 is 2.88 bits per heavy atom. The van der Waals surface area contributed by atoms with E-state index in [1.807, 2.05) is 7.05 Å². The van der Waals surface area contributed by atoms with Crippen molar-refractivity contribution < 1.29 is 9.18 Å². The van der Waals surface area contributed by atoms with Gasteiger partial charge >= 0.3 is 0 Å². The highest BCUT2D eigenvalue weighted by atomic mass is 32.1. The second-order valence-corrected chi connectivity index (χ2v) is 4.36. The first-order chi connectivity index (χ1) is 8.06. The molecule has 0 heterocycles. The summed E-state index contributed by atoms with van der Waals surface area (Å²) in [5.41, 5.74) is 0.0736. The number of carbonyl (C=O) groups excluding carboxylic acids is 1. The highest BCUT2D eigenvalue weighted by molar-refractivity contribution is 7.80. The summed E-state index contributed by atoms with van der Waals surface area (Å²) in [4.78, 5) is 14.0. The van der Waals surface area contributed by atoms with Crippen LogP contribution in [-0.2, 0) is 0 Å². The molecule has 0 aliphatic heterocycles. The number of hydrogen-bond donors (Lipinski definition) is 2. The summed E-state index contributed by atoms with van der Waals surface area (Å²) >= 11 is 4.10. The third kappa shape index (κ3) is 4.02. The standard InChI is InChI=1S/C12H17FN2OS/c1-14-6-3-7-15(2)12(16)10-8-9(17)4-5-11(10)13/h4-5,8,14,17H,3,6-7H2,1-2H3. The Morgan fingerprint density at radius 1 is 1.53 bits per heavy atom. The van der Waals surface area contributed by atoms with E-state index in [1.165, 1.54) is 23.1 Å². The van der Waals surface area contributed by atoms with Crippen LogP contribution in [0.2, 0.25) is 0 Å². The smallest absolute Gasteiger partial charge is 0.256 e. The lowest BCUT2D eigenvalue weighted by atomic mass is 10.2. The van der Waals surface area contributed by atoms with Gasteiger partial charge in [0, 0.05) is 18.5 Å². The molecule has 0 fully saturated rings. The molecule has 0 saturated heterocycles. The molecule has 5 heteroatoms. The number of amides is 1. The Balaban J connectivity index is 2.71. The van der Waals surface area contributed by atoms with Gasteiger partial charge in [-0.1, -0.05) is 0 Å². The minimum atomic E-state index is -0.506. The van der Waals surface area contributed by atoms with Gasteiger partial charge in [0.15, 0.2) is 0 Å². The Hall–Kier alpha value is -1.07. The summed E-state index contributed by atoms with van der Waals surface area (Å²) in [5, 5.41) is 3.00. The van der Waals surface area contributed by atoms with E-state index < -0.39 is 5.82 Å². The molecule has 1 N–H and O–H groups in total. The van der Waals surface area contributed by atoms with Gasteiger partial charge in [0.2, 0.25) is 0 Å². The molecule has 1 amide bonds. The quantitative estimate of drug-likeness (QED) is 0.622. The SMILES string of the molecule is CNCCCN(C)C(=O)c1cc(S)ccc1F. The van der Waals surface area contributed by atoms with Crippen LogP contribution < -0.4 is 5.32 Å². The van der Waals surface area contributed by atoms with Gasteiger partial charge in [-0.25, -0.2) is 4.39 Å². The highest BCUT2D eigenvalue weighted by Crippen LogP contribution is 2.15. The van der Waals surface area contributed by atoms with Crippen LogP contribution in [0.15, 0.2) is 23.1 Å². The molecular weight excluding hydrogens is 239 g/mol. The van der Waals surface area contributed by atoms with Crippen molar-refractivity contribution in [3.63, 3.8) is 0 Å². The van der Waals surface area contributed by atoms with Crippen LogP contribution in [0, 0.1) is 5.82 Å². The van der Waals surface area contributed by atoms with E-state index in [-0.39, 0.29) is 11.5 Å². The second kappa shape index (κ2) is 6.61. The number of thiol groups is 1. The molecular formula is C12H17FN2OS. The monoisotopic (exact) mass is 256 g/mol. The lowest BCUT2D eigenvalue weighted by Gasteiger charge is -2.17. The Bertz CT molecular complexity index is 398. The highest BCUT2D eigenvalue weighted by Gasteiger charge is 2.15. The van der Waals surface area contributed by atoms with Crippen LogP contribution in [0.25, 0.3) is 0 Å². The molecule has 0 atom stereocenters. The summed E-state index contributed by atoms with van der Waals surface area (Å²) in [6.07, 6.45) is 0.834. The van der Waals surface area contributed by atoms with Gasteiger partial charge in [-0.15, -0.1) is 12.6 Å². The van der Waals surface area contributed by atoms with E-state index in [0.717, 1.165) is 13.0 Å². The van der Waals surface area contributed by atoms with Crippen LogP contribution >= 0.6 is 12.6 Å². The Labute approximate surface area is 106 Å². The van der Waals surface area contributed by atoms with Crippen LogP contribution in [0.3, 0.4) is 0 Å². The van der Waals surface area contributed by atoms with Crippen molar-refractivity contribution in [1.82, 2.24) is 10.2 Å². The van der Waals surface area contributed by atoms with E-state index >= 15 is 0 Å². The number of halogens is 1. The molecule has 3 nitrogen and oxygen atoms in total. The van der Waals surface area contributed by atoms with Gasteiger partial charge in [-0.05, 0) is 38.2 Å². The molecule has 0 aliphatic rings. The van der Waals surface area contributed by atoms with Gasteiger partial charge in [0.25, 0.3) is 5.91 Å². The van der Waals surface area contributed by atoms with E-state index in [1.54, 1.807) is 7.05 Å². The van der Waals surface area contributed by atoms with Crippen LogP contribution in [0.4, 0.5) is 4.39 Å². The largest absolute Gasteiger partial charge is 0.342 e. The molecule has 0 radical (unpaired) electrons. The maximum Gasteiger partial charge on any atom is 0.256 e. The fraction of sp³-hybridized carbons (Fsp3) is 0.417.